The molecule has 0 spiro atoms. The lowest BCUT2D eigenvalue weighted by Crippen LogP contribution is -1.92. The minimum Gasteiger partial charge on any atom is -0.0988 e. The maximum Gasteiger partial charge on any atom is -0.0263 e. The second-order valence-corrected chi connectivity index (χ2v) is 6.26. The van der Waals surface area contributed by atoms with Crippen LogP contribution in [0.1, 0.15) is 84.1 Å². The minimum absolute atomic E-state index is 1.17. The summed E-state index contributed by atoms with van der Waals surface area (Å²) in [4.78, 5) is 0. The zero-order chi connectivity index (χ0) is 18.0. The molecule has 24 heavy (non-hydrogen) atoms. The molecule has 0 atom stereocenters. The van der Waals surface area contributed by atoms with Crippen molar-refractivity contribution in [2.75, 3.05) is 0 Å². The molecule has 0 unspecified atom stereocenters. The molecule has 0 radical (unpaired) electrons. The van der Waals surface area contributed by atoms with Crippen LogP contribution >= 0.6 is 0 Å². The standard InChI is InChI=1S/C16H30.C8H8/c1-5-9-12-15(8-4)16(13-10-6-2)14-11-7-3;1-2-8-6-4-3-5-7-8/h8H,4-7,9-14H2,1-3H3;2-7H,1H2. The fourth-order valence-corrected chi connectivity index (χ4v) is 2.61. The molecule has 0 aliphatic heterocycles. The number of hydrogen-bond acceptors (Lipinski definition) is 0. The minimum atomic E-state index is 1.17. The molecule has 0 fully saturated rings. The Balaban J connectivity index is 0.000000546. The van der Waals surface area contributed by atoms with Gasteiger partial charge in [-0.1, -0.05) is 101 Å². The van der Waals surface area contributed by atoms with Crippen molar-refractivity contribution in [1.82, 2.24) is 0 Å². The molecule has 0 nitrogen and oxygen atoms in total. The molecule has 0 bridgehead atoms. The van der Waals surface area contributed by atoms with Crippen LogP contribution in [-0.4, -0.2) is 0 Å². The van der Waals surface area contributed by atoms with E-state index >= 15 is 0 Å². The normalized spacial score (nSPS) is 9.62. The van der Waals surface area contributed by atoms with E-state index in [4.69, 9.17) is 0 Å². The first-order chi connectivity index (χ1) is 11.7. The molecule has 0 heteroatoms. The number of benzene rings is 1. The van der Waals surface area contributed by atoms with Gasteiger partial charge < -0.3 is 0 Å². The van der Waals surface area contributed by atoms with Crippen LogP contribution in [0.25, 0.3) is 6.08 Å². The third kappa shape index (κ3) is 11.0. The molecule has 0 heterocycles. The molecule has 1 aromatic rings. The summed E-state index contributed by atoms with van der Waals surface area (Å²) >= 11 is 0. The van der Waals surface area contributed by atoms with E-state index in [9.17, 15) is 0 Å². The van der Waals surface area contributed by atoms with Crippen LogP contribution in [0.2, 0.25) is 0 Å². The predicted molar refractivity (Wildman–Crippen MR) is 112 cm³/mol. The molecule has 0 aromatic heterocycles. The quantitative estimate of drug-likeness (QED) is 0.358. The van der Waals surface area contributed by atoms with Gasteiger partial charge in [0.25, 0.3) is 0 Å². The van der Waals surface area contributed by atoms with Gasteiger partial charge in [-0.05, 0) is 49.7 Å². The van der Waals surface area contributed by atoms with Gasteiger partial charge in [0, 0.05) is 0 Å². The average molecular weight is 327 g/mol. The highest BCUT2D eigenvalue weighted by Gasteiger charge is 2.03. The SMILES string of the molecule is C=CC(CCCC)=C(CCCC)CCCC.C=Cc1ccccc1. The summed E-state index contributed by atoms with van der Waals surface area (Å²) in [7, 11) is 0. The Morgan fingerprint density at radius 2 is 1.29 bits per heavy atom. The Labute approximate surface area is 151 Å². The van der Waals surface area contributed by atoms with Gasteiger partial charge in [0.1, 0.15) is 0 Å². The van der Waals surface area contributed by atoms with E-state index in [1.165, 1.54) is 63.4 Å². The summed E-state index contributed by atoms with van der Waals surface area (Å²) in [6.45, 7) is 14.4. The first kappa shape index (κ1) is 22.4. The summed E-state index contributed by atoms with van der Waals surface area (Å²) in [5, 5.41) is 0. The van der Waals surface area contributed by atoms with Crippen LogP contribution in [0.4, 0.5) is 0 Å². The van der Waals surface area contributed by atoms with Crippen molar-refractivity contribution in [2.24, 2.45) is 0 Å². The Hall–Kier alpha value is -1.56. The van der Waals surface area contributed by atoms with E-state index in [-0.39, 0.29) is 0 Å². The van der Waals surface area contributed by atoms with Crippen molar-refractivity contribution in [1.29, 1.82) is 0 Å². The second kappa shape index (κ2) is 16.3. The summed E-state index contributed by atoms with van der Waals surface area (Å²) in [6, 6.07) is 10.0. The lowest BCUT2D eigenvalue weighted by atomic mass is 9.94. The lowest BCUT2D eigenvalue weighted by molar-refractivity contribution is 0.693. The highest BCUT2D eigenvalue weighted by molar-refractivity contribution is 5.45. The molecule has 134 valence electrons. The number of hydrogen-bond donors (Lipinski definition) is 0. The third-order valence-electron chi connectivity index (χ3n) is 4.20. The van der Waals surface area contributed by atoms with E-state index in [1.54, 1.807) is 11.1 Å². The summed E-state index contributed by atoms with van der Waals surface area (Å²) < 4.78 is 0. The van der Waals surface area contributed by atoms with E-state index in [0.29, 0.717) is 0 Å². The fraction of sp³-hybridized carbons (Fsp3) is 0.500. The topological polar surface area (TPSA) is 0 Å². The van der Waals surface area contributed by atoms with E-state index in [1.807, 2.05) is 36.4 Å². The van der Waals surface area contributed by atoms with Crippen LogP contribution in [0.5, 0.6) is 0 Å². The Morgan fingerprint density at radius 3 is 1.67 bits per heavy atom. The largest absolute Gasteiger partial charge is 0.0988 e. The summed E-state index contributed by atoms with van der Waals surface area (Å²) in [5.74, 6) is 0. The monoisotopic (exact) mass is 326 g/mol. The first-order valence-electron chi connectivity index (χ1n) is 9.74. The zero-order valence-corrected chi connectivity index (χ0v) is 16.3. The number of rotatable bonds is 11. The number of unbranched alkanes of at least 4 members (excludes halogenated alkanes) is 3. The highest BCUT2D eigenvalue weighted by atomic mass is 14.1. The maximum atomic E-state index is 3.99. The van der Waals surface area contributed by atoms with Crippen molar-refractivity contribution >= 4 is 6.08 Å². The van der Waals surface area contributed by atoms with Gasteiger partial charge in [0.05, 0.1) is 0 Å². The van der Waals surface area contributed by atoms with Gasteiger partial charge >= 0.3 is 0 Å². The second-order valence-electron chi connectivity index (χ2n) is 6.26. The van der Waals surface area contributed by atoms with Gasteiger partial charge in [-0.15, -0.1) is 0 Å². The lowest BCUT2D eigenvalue weighted by Gasteiger charge is -2.12. The Kier molecular flexibility index (Phi) is 15.2. The third-order valence-corrected chi connectivity index (χ3v) is 4.20. The van der Waals surface area contributed by atoms with E-state index < -0.39 is 0 Å². The van der Waals surface area contributed by atoms with Gasteiger partial charge in [0.2, 0.25) is 0 Å². The molecule has 0 saturated heterocycles. The van der Waals surface area contributed by atoms with Crippen molar-refractivity contribution in [3.63, 3.8) is 0 Å². The van der Waals surface area contributed by atoms with Crippen LogP contribution < -0.4 is 0 Å². The van der Waals surface area contributed by atoms with Crippen molar-refractivity contribution in [2.45, 2.75) is 78.6 Å². The van der Waals surface area contributed by atoms with Gasteiger partial charge in [-0.2, -0.15) is 0 Å². The van der Waals surface area contributed by atoms with Gasteiger partial charge in [0.15, 0.2) is 0 Å². The smallest absolute Gasteiger partial charge is 0.0263 e. The van der Waals surface area contributed by atoms with Crippen LogP contribution in [0.15, 0.2) is 60.7 Å². The molecule has 1 rings (SSSR count). The zero-order valence-electron chi connectivity index (χ0n) is 16.3. The highest BCUT2D eigenvalue weighted by Crippen LogP contribution is 2.23. The Morgan fingerprint density at radius 1 is 0.792 bits per heavy atom. The molecule has 0 N–H and O–H groups in total. The fourth-order valence-electron chi connectivity index (χ4n) is 2.61. The number of allylic oxidation sites excluding steroid dienone is 3. The Bertz CT molecular complexity index is 440. The van der Waals surface area contributed by atoms with Crippen LogP contribution in [-0.2, 0) is 0 Å². The van der Waals surface area contributed by atoms with Crippen LogP contribution in [0, 0.1) is 0 Å². The molecular weight excluding hydrogens is 288 g/mol. The van der Waals surface area contributed by atoms with Crippen molar-refractivity contribution in [3.05, 3.63) is 66.3 Å². The van der Waals surface area contributed by atoms with Crippen LogP contribution in [0.3, 0.4) is 0 Å². The summed E-state index contributed by atoms with van der Waals surface area (Å²) in [6.07, 6.45) is 15.6. The average Bonchev–Trinajstić information content (AvgIpc) is 2.64. The van der Waals surface area contributed by atoms with E-state index in [2.05, 4.69) is 40.0 Å². The van der Waals surface area contributed by atoms with Crippen molar-refractivity contribution < 1.29 is 0 Å². The molecule has 0 aliphatic rings. The molecule has 1 aromatic carbocycles. The van der Waals surface area contributed by atoms with Gasteiger partial charge in [-0.25, -0.2) is 0 Å². The molecule has 0 saturated carbocycles. The maximum absolute atomic E-state index is 3.99. The predicted octanol–water partition coefficient (Wildman–Crippen LogP) is 8.37. The van der Waals surface area contributed by atoms with Crippen molar-refractivity contribution in [3.8, 4) is 0 Å². The first-order valence-corrected chi connectivity index (χ1v) is 9.74. The summed E-state index contributed by atoms with van der Waals surface area (Å²) in [5.41, 5.74) is 4.41. The molecular formula is C24H38. The van der Waals surface area contributed by atoms with E-state index in [0.717, 1.165) is 0 Å². The molecule has 0 amide bonds. The van der Waals surface area contributed by atoms with Gasteiger partial charge in [-0.3, -0.25) is 0 Å². The molecule has 0 aliphatic carbocycles.